The molecule has 5 heteroatoms. The van der Waals surface area contributed by atoms with Crippen molar-refractivity contribution in [1.82, 2.24) is 9.80 Å². The summed E-state index contributed by atoms with van der Waals surface area (Å²) in [6, 6.07) is 0. The molecule has 0 saturated carbocycles. The second-order valence-electron chi connectivity index (χ2n) is 5.85. The molecule has 0 aromatic rings. The molecule has 104 valence electrons. The van der Waals surface area contributed by atoms with Crippen LogP contribution in [0.25, 0.3) is 0 Å². The third kappa shape index (κ3) is 4.64. The number of hydrogen-bond acceptors (Lipinski definition) is 4. The fourth-order valence-electron chi connectivity index (χ4n) is 2.10. The number of rotatable bonds is 2. The molecular weight excluding hydrogens is 232 g/mol. The van der Waals surface area contributed by atoms with Crippen LogP contribution in [0.1, 0.15) is 27.7 Å². The molecule has 0 atom stereocenters. The van der Waals surface area contributed by atoms with Gasteiger partial charge in [0.05, 0.1) is 6.61 Å². The Balaban J connectivity index is 2.39. The van der Waals surface area contributed by atoms with Crippen molar-refractivity contribution in [3.63, 3.8) is 0 Å². The number of piperazine rings is 1. The highest BCUT2D eigenvalue weighted by Crippen LogP contribution is 2.16. The fraction of sp³-hybridized carbons (Fsp3) is 0.846. The second-order valence-corrected chi connectivity index (χ2v) is 5.85. The first kappa shape index (κ1) is 15.0. The maximum Gasteiger partial charge on any atom is 0.397 e. The Hall–Kier alpha value is -1.10. The van der Waals surface area contributed by atoms with Crippen LogP contribution in [0, 0.1) is 5.41 Å². The van der Waals surface area contributed by atoms with Gasteiger partial charge in [0, 0.05) is 32.7 Å². The van der Waals surface area contributed by atoms with E-state index in [2.05, 4.69) is 25.7 Å². The van der Waals surface area contributed by atoms with Gasteiger partial charge in [0.1, 0.15) is 0 Å². The van der Waals surface area contributed by atoms with Crippen LogP contribution in [0.5, 0.6) is 0 Å². The minimum Gasteiger partial charge on any atom is -0.459 e. The monoisotopic (exact) mass is 256 g/mol. The van der Waals surface area contributed by atoms with Crippen molar-refractivity contribution < 1.29 is 14.3 Å². The summed E-state index contributed by atoms with van der Waals surface area (Å²) in [7, 11) is 0. The van der Waals surface area contributed by atoms with Gasteiger partial charge in [0.25, 0.3) is 0 Å². The van der Waals surface area contributed by atoms with Gasteiger partial charge in [-0.15, -0.1) is 0 Å². The first-order valence-corrected chi connectivity index (χ1v) is 6.52. The molecule has 0 aromatic heterocycles. The van der Waals surface area contributed by atoms with E-state index in [1.165, 1.54) is 0 Å². The summed E-state index contributed by atoms with van der Waals surface area (Å²) in [4.78, 5) is 26.9. The molecular formula is C13H24N2O3. The van der Waals surface area contributed by atoms with Gasteiger partial charge < -0.3 is 9.64 Å². The molecule has 1 aliphatic heterocycles. The summed E-state index contributed by atoms with van der Waals surface area (Å²) < 4.78 is 4.72. The first-order chi connectivity index (χ1) is 8.33. The zero-order valence-electron chi connectivity index (χ0n) is 11.9. The van der Waals surface area contributed by atoms with Crippen LogP contribution in [-0.2, 0) is 14.3 Å². The van der Waals surface area contributed by atoms with Crippen molar-refractivity contribution in [1.29, 1.82) is 0 Å². The molecule has 1 amide bonds. The second kappa shape index (κ2) is 6.18. The molecule has 1 fully saturated rings. The summed E-state index contributed by atoms with van der Waals surface area (Å²) in [6.07, 6.45) is 0. The number of hydrogen-bond donors (Lipinski definition) is 0. The van der Waals surface area contributed by atoms with E-state index in [-0.39, 0.29) is 12.0 Å². The average Bonchev–Trinajstić information content (AvgIpc) is 2.27. The normalized spacial score (nSPS) is 17.7. The molecule has 1 rings (SSSR count). The van der Waals surface area contributed by atoms with Gasteiger partial charge in [0.15, 0.2) is 0 Å². The summed E-state index contributed by atoms with van der Waals surface area (Å²) in [5.74, 6) is -1.24. The van der Waals surface area contributed by atoms with Crippen LogP contribution in [0.4, 0.5) is 0 Å². The van der Waals surface area contributed by atoms with Crippen molar-refractivity contribution >= 4 is 11.9 Å². The molecule has 0 radical (unpaired) electrons. The number of amides is 1. The van der Waals surface area contributed by atoms with E-state index < -0.39 is 11.9 Å². The Labute approximate surface area is 109 Å². The molecule has 5 nitrogen and oxygen atoms in total. The molecule has 0 bridgehead atoms. The maximum atomic E-state index is 11.7. The fourth-order valence-corrected chi connectivity index (χ4v) is 2.10. The molecule has 0 spiro atoms. The third-order valence-corrected chi connectivity index (χ3v) is 2.81. The lowest BCUT2D eigenvalue weighted by Crippen LogP contribution is -2.52. The van der Waals surface area contributed by atoms with Crippen molar-refractivity contribution in [3.8, 4) is 0 Å². The van der Waals surface area contributed by atoms with E-state index in [0.29, 0.717) is 13.1 Å². The largest absolute Gasteiger partial charge is 0.459 e. The van der Waals surface area contributed by atoms with Crippen LogP contribution >= 0.6 is 0 Å². The lowest BCUT2D eigenvalue weighted by atomic mass is 9.96. The average molecular weight is 256 g/mol. The highest BCUT2D eigenvalue weighted by Gasteiger charge is 2.28. The molecule has 0 aliphatic carbocycles. The topological polar surface area (TPSA) is 49.9 Å². The number of nitrogens with zero attached hydrogens (tertiary/aromatic N) is 2. The first-order valence-electron chi connectivity index (χ1n) is 6.52. The van der Waals surface area contributed by atoms with E-state index in [9.17, 15) is 9.59 Å². The smallest absolute Gasteiger partial charge is 0.397 e. The lowest BCUT2D eigenvalue weighted by Gasteiger charge is -2.37. The molecule has 0 aromatic carbocycles. The minimum atomic E-state index is -0.734. The number of esters is 1. The lowest BCUT2D eigenvalue weighted by molar-refractivity contribution is -0.160. The zero-order chi connectivity index (χ0) is 13.8. The predicted molar refractivity (Wildman–Crippen MR) is 69.1 cm³/mol. The van der Waals surface area contributed by atoms with E-state index in [4.69, 9.17) is 4.74 Å². The van der Waals surface area contributed by atoms with Gasteiger partial charge in [-0.05, 0) is 12.3 Å². The Morgan fingerprint density at radius 3 is 2.11 bits per heavy atom. The van der Waals surface area contributed by atoms with Gasteiger partial charge in [-0.1, -0.05) is 20.8 Å². The van der Waals surface area contributed by atoms with Crippen molar-refractivity contribution in [2.75, 3.05) is 39.3 Å². The van der Waals surface area contributed by atoms with E-state index in [1.54, 1.807) is 11.8 Å². The predicted octanol–water partition coefficient (Wildman–Crippen LogP) is 0.740. The SMILES string of the molecule is CCOC(=O)C(=O)N1CCN(CC(C)(C)C)CC1. The number of ether oxygens (including phenoxy) is 1. The van der Waals surface area contributed by atoms with Crippen molar-refractivity contribution in [3.05, 3.63) is 0 Å². The Bertz CT molecular complexity index is 302. The quantitative estimate of drug-likeness (QED) is 0.540. The van der Waals surface area contributed by atoms with E-state index >= 15 is 0 Å². The summed E-state index contributed by atoms with van der Waals surface area (Å²) in [6.45, 7) is 12.4. The molecule has 1 saturated heterocycles. The summed E-state index contributed by atoms with van der Waals surface area (Å²) in [5, 5.41) is 0. The van der Waals surface area contributed by atoms with Crippen molar-refractivity contribution in [2.24, 2.45) is 5.41 Å². The van der Waals surface area contributed by atoms with Crippen LogP contribution in [0.3, 0.4) is 0 Å². The molecule has 18 heavy (non-hydrogen) atoms. The van der Waals surface area contributed by atoms with Gasteiger partial charge in [0.2, 0.25) is 0 Å². The highest BCUT2D eigenvalue weighted by molar-refractivity contribution is 6.32. The minimum absolute atomic E-state index is 0.245. The van der Waals surface area contributed by atoms with Crippen LogP contribution in [0.15, 0.2) is 0 Å². The zero-order valence-corrected chi connectivity index (χ0v) is 11.9. The van der Waals surface area contributed by atoms with Crippen molar-refractivity contribution in [2.45, 2.75) is 27.7 Å². The summed E-state index contributed by atoms with van der Waals surface area (Å²) >= 11 is 0. The number of carbonyl (C=O) groups excluding carboxylic acids is 2. The van der Waals surface area contributed by atoms with E-state index in [1.807, 2.05) is 0 Å². The molecule has 0 unspecified atom stereocenters. The summed E-state index contributed by atoms with van der Waals surface area (Å²) in [5.41, 5.74) is 0.257. The van der Waals surface area contributed by atoms with Crippen LogP contribution in [-0.4, -0.2) is 61.0 Å². The standard InChI is InChI=1S/C13H24N2O3/c1-5-18-12(17)11(16)15-8-6-14(7-9-15)10-13(2,3)4/h5-10H2,1-4H3. The van der Waals surface area contributed by atoms with Crippen LogP contribution < -0.4 is 0 Å². The number of carbonyl (C=O) groups is 2. The van der Waals surface area contributed by atoms with Gasteiger partial charge in [-0.2, -0.15) is 0 Å². The van der Waals surface area contributed by atoms with Gasteiger partial charge in [-0.3, -0.25) is 9.69 Å². The van der Waals surface area contributed by atoms with E-state index in [0.717, 1.165) is 19.6 Å². The molecule has 0 N–H and O–H groups in total. The third-order valence-electron chi connectivity index (χ3n) is 2.81. The Morgan fingerprint density at radius 1 is 1.11 bits per heavy atom. The maximum absolute atomic E-state index is 11.7. The van der Waals surface area contributed by atoms with Crippen LogP contribution in [0.2, 0.25) is 0 Å². The van der Waals surface area contributed by atoms with Gasteiger partial charge >= 0.3 is 11.9 Å². The Kier molecular flexibility index (Phi) is 5.14. The Morgan fingerprint density at radius 2 is 1.67 bits per heavy atom. The molecule has 1 heterocycles. The highest BCUT2D eigenvalue weighted by atomic mass is 16.5. The van der Waals surface area contributed by atoms with Gasteiger partial charge in [-0.25, -0.2) is 4.79 Å². The molecule has 1 aliphatic rings.